The lowest BCUT2D eigenvalue weighted by Crippen LogP contribution is -2.03. The van der Waals surface area contributed by atoms with Crippen LogP contribution in [0.4, 0.5) is 0 Å². The zero-order valence-corrected chi connectivity index (χ0v) is 14.3. The second-order valence-electron chi connectivity index (χ2n) is 5.51. The molecule has 3 aromatic rings. The average Bonchev–Trinajstić information content (AvgIpc) is 3.17. The predicted octanol–water partition coefficient (Wildman–Crippen LogP) is 4.78. The lowest BCUT2D eigenvalue weighted by molar-refractivity contribution is 0.101. The quantitative estimate of drug-likeness (QED) is 0.632. The van der Waals surface area contributed by atoms with Gasteiger partial charge < -0.3 is 9.30 Å². The summed E-state index contributed by atoms with van der Waals surface area (Å²) in [7, 11) is 1.66. The SMILES string of the molecule is COc1ccc(Cn2cc(-c3cccs3)c(C(C)=O)c2C)cc1. The van der Waals surface area contributed by atoms with Gasteiger partial charge in [-0.3, -0.25) is 4.79 Å². The van der Waals surface area contributed by atoms with Gasteiger partial charge >= 0.3 is 0 Å². The summed E-state index contributed by atoms with van der Waals surface area (Å²) in [6, 6.07) is 12.1. The fourth-order valence-corrected chi connectivity index (χ4v) is 3.55. The van der Waals surface area contributed by atoms with Gasteiger partial charge in [-0.25, -0.2) is 0 Å². The lowest BCUT2D eigenvalue weighted by atomic mass is 10.1. The molecule has 3 nitrogen and oxygen atoms in total. The van der Waals surface area contributed by atoms with Crippen LogP contribution >= 0.6 is 11.3 Å². The minimum absolute atomic E-state index is 0.111. The Balaban J connectivity index is 1.99. The van der Waals surface area contributed by atoms with Crippen molar-refractivity contribution in [1.29, 1.82) is 0 Å². The molecule has 0 saturated carbocycles. The highest BCUT2D eigenvalue weighted by molar-refractivity contribution is 7.13. The lowest BCUT2D eigenvalue weighted by Gasteiger charge is -2.08. The fraction of sp³-hybridized carbons (Fsp3) is 0.211. The van der Waals surface area contributed by atoms with Gasteiger partial charge in [0.2, 0.25) is 0 Å². The van der Waals surface area contributed by atoms with Crippen LogP contribution in [0, 0.1) is 6.92 Å². The Kier molecular flexibility index (Phi) is 4.35. The van der Waals surface area contributed by atoms with E-state index >= 15 is 0 Å². The Labute approximate surface area is 140 Å². The van der Waals surface area contributed by atoms with Crippen molar-refractivity contribution in [2.24, 2.45) is 0 Å². The van der Waals surface area contributed by atoms with Crippen LogP contribution in [0.1, 0.15) is 28.5 Å². The maximum absolute atomic E-state index is 12.1. The van der Waals surface area contributed by atoms with Gasteiger partial charge in [0.05, 0.1) is 7.11 Å². The van der Waals surface area contributed by atoms with Gasteiger partial charge in [0.15, 0.2) is 5.78 Å². The standard InChI is InChI=1S/C19H19NO2S/c1-13-19(14(2)21)17(18-5-4-10-23-18)12-20(13)11-15-6-8-16(22-3)9-7-15/h4-10,12H,11H2,1-3H3. The van der Waals surface area contributed by atoms with Gasteiger partial charge in [-0.1, -0.05) is 18.2 Å². The number of Topliss-reactive ketones (excluding diaryl/α,β-unsaturated/α-hetero) is 1. The molecule has 3 rings (SSSR count). The molecule has 0 N–H and O–H groups in total. The monoisotopic (exact) mass is 325 g/mol. The van der Waals surface area contributed by atoms with Crippen LogP contribution in [0.2, 0.25) is 0 Å². The summed E-state index contributed by atoms with van der Waals surface area (Å²) in [6.45, 7) is 4.38. The van der Waals surface area contributed by atoms with Crippen LogP contribution in [-0.2, 0) is 6.54 Å². The molecule has 0 amide bonds. The number of ether oxygens (including phenoxy) is 1. The van der Waals surface area contributed by atoms with Crippen molar-refractivity contribution < 1.29 is 9.53 Å². The molecule has 1 aromatic carbocycles. The Bertz CT molecular complexity index is 814. The Morgan fingerprint density at radius 3 is 2.52 bits per heavy atom. The van der Waals surface area contributed by atoms with Crippen molar-refractivity contribution in [2.45, 2.75) is 20.4 Å². The number of benzene rings is 1. The van der Waals surface area contributed by atoms with Crippen LogP contribution in [-0.4, -0.2) is 17.5 Å². The van der Waals surface area contributed by atoms with E-state index in [0.29, 0.717) is 0 Å². The number of methoxy groups -OCH3 is 1. The molecule has 2 aromatic heterocycles. The minimum atomic E-state index is 0.111. The van der Waals surface area contributed by atoms with Crippen molar-refractivity contribution in [3.63, 3.8) is 0 Å². The molecule has 0 fully saturated rings. The number of carbonyl (C=O) groups is 1. The maximum atomic E-state index is 12.1. The predicted molar refractivity (Wildman–Crippen MR) is 94.6 cm³/mol. The van der Waals surface area contributed by atoms with Crippen molar-refractivity contribution >= 4 is 17.1 Å². The van der Waals surface area contributed by atoms with E-state index in [1.807, 2.05) is 30.5 Å². The Hall–Kier alpha value is -2.33. The summed E-state index contributed by atoms with van der Waals surface area (Å²) < 4.78 is 7.34. The van der Waals surface area contributed by atoms with E-state index in [1.165, 1.54) is 5.56 Å². The van der Waals surface area contributed by atoms with Crippen molar-refractivity contribution in [3.8, 4) is 16.2 Å². The molecule has 0 spiro atoms. The smallest absolute Gasteiger partial charge is 0.162 e. The molecule has 2 heterocycles. The molecule has 0 aliphatic rings. The number of hydrogen-bond acceptors (Lipinski definition) is 3. The molecule has 4 heteroatoms. The first-order valence-electron chi connectivity index (χ1n) is 7.47. The van der Waals surface area contributed by atoms with Crippen molar-refractivity contribution in [1.82, 2.24) is 4.57 Å². The van der Waals surface area contributed by atoms with E-state index in [1.54, 1.807) is 25.4 Å². The third-order valence-electron chi connectivity index (χ3n) is 4.00. The number of hydrogen-bond donors (Lipinski definition) is 0. The van der Waals surface area contributed by atoms with Crippen LogP contribution in [0.5, 0.6) is 5.75 Å². The molecule has 0 aliphatic carbocycles. The number of carbonyl (C=O) groups excluding carboxylic acids is 1. The summed E-state index contributed by atoms with van der Waals surface area (Å²) in [5, 5.41) is 2.04. The number of aromatic nitrogens is 1. The average molecular weight is 325 g/mol. The van der Waals surface area contributed by atoms with Gasteiger partial charge in [-0.2, -0.15) is 0 Å². The van der Waals surface area contributed by atoms with Gasteiger partial charge in [-0.15, -0.1) is 11.3 Å². The molecule has 0 radical (unpaired) electrons. The molecule has 0 aliphatic heterocycles. The molecular formula is C19H19NO2S. The minimum Gasteiger partial charge on any atom is -0.497 e. The van der Waals surface area contributed by atoms with E-state index in [4.69, 9.17) is 4.74 Å². The molecule has 118 valence electrons. The van der Waals surface area contributed by atoms with Crippen LogP contribution in [0.25, 0.3) is 10.4 Å². The number of nitrogens with zero attached hydrogens (tertiary/aromatic N) is 1. The first-order valence-corrected chi connectivity index (χ1v) is 8.35. The highest BCUT2D eigenvalue weighted by Gasteiger charge is 2.18. The topological polar surface area (TPSA) is 31.2 Å². The maximum Gasteiger partial charge on any atom is 0.162 e. The van der Waals surface area contributed by atoms with Gasteiger partial charge in [0.25, 0.3) is 0 Å². The fourth-order valence-electron chi connectivity index (χ4n) is 2.81. The second-order valence-corrected chi connectivity index (χ2v) is 6.46. The number of ketones is 1. The number of thiophene rings is 1. The summed E-state index contributed by atoms with van der Waals surface area (Å²) in [6.07, 6.45) is 2.09. The summed E-state index contributed by atoms with van der Waals surface area (Å²) in [5.41, 5.74) is 4.04. The first kappa shape index (κ1) is 15.6. The molecule has 23 heavy (non-hydrogen) atoms. The molecule has 0 bridgehead atoms. The molecule has 0 saturated heterocycles. The number of rotatable bonds is 5. The second kappa shape index (κ2) is 6.42. The first-order chi connectivity index (χ1) is 11.1. The van der Waals surface area contributed by atoms with E-state index in [9.17, 15) is 4.79 Å². The van der Waals surface area contributed by atoms with Gasteiger partial charge in [0.1, 0.15) is 5.75 Å². The van der Waals surface area contributed by atoms with E-state index < -0.39 is 0 Å². The van der Waals surface area contributed by atoms with E-state index in [-0.39, 0.29) is 5.78 Å². The van der Waals surface area contributed by atoms with Gasteiger partial charge in [0, 0.05) is 34.4 Å². The van der Waals surface area contributed by atoms with Crippen LogP contribution in [0.15, 0.2) is 48.0 Å². The largest absolute Gasteiger partial charge is 0.497 e. The molecular weight excluding hydrogens is 306 g/mol. The highest BCUT2D eigenvalue weighted by Crippen LogP contribution is 2.32. The van der Waals surface area contributed by atoms with E-state index in [2.05, 4.69) is 29.0 Å². The zero-order chi connectivity index (χ0) is 16.4. The van der Waals surface area contributed by atoms with Crippen molar-refractivity contribution in [2.75, 3.05) is 7.11 Å². The summed E-state index contributed by atoms with van der Waals surface area (Å²) >= 11 is 1.66. The van der Waals surface area contributed by atoms with Crippen molar-refractivity contribution in [3.05, 3.63) is 64.8 Å². The van der Waals surface area contributed by atoms with Crippen LogP contribution < -0.4 is 4.74 Å². The summed E-state index contributed by atoms with van der Waals surface area (Å²) in [5.74, 6) is 0.959. The van der Waals surface area contributed by atoms with Crippen LogP contribution in [0.3, 0.4) is 0 Å². The highest BCUT2D eigenvalue weighted by atomic mass is 32.1. The Morgan fingerprint density at radius 2 is 1.96 bits per heavy atom. The Morgan fingerprint density at radius 1 is 1.22 bits per heavy atom. The third kappa shape index (κ3) is 3.08. The third-order valence-corrected chi connectivity index (χ3v) is 4.90. The summed E-state index contributed by atoms with van der Waals surface area (Å²) in [4.78, 5) is 13.2. The van der Waals surface area contributed by atoms with E-state index in [0.717, 1.165) is 34.0 Å². The van der Waals surface area contributed by atoms with Gasteiger partial charge in [-0.05, 0) is 43.0 Å². The normalized spacial score (nSPS) is 10.7. The molecule has 0 atom stereocenters. The molecule has 0 unspecified atom stereocenters. The zero-order valence-electron chi connectivity index (χ0n) is 13.5.